The third-order valence-corrected chi connectivity index (χ3v) is 4.80. The maximum absolute atomic E-state index is 10.8. The summed E-state index contributed by atoms with van der Waals surface area (Å²) in [6, 6.07) is 20.2. The Hall–Kier alpha value is -2.53. The van der Waals surface area contributed by atoms with E-state index in [1.165, 1.54) is 0 Å². The average molecular weight is 416 g/mol. The van der Waals surface area contributed by atoms with Crippen LogP contribution in [-0.4, -0.2) is 5.97 Å². The van der Waals surface area contributed by atoms with Crippen molar-refractivity contribution in [3.05, 3.63) is 99.0 Å². The molecule has 0 amide bonds. The molecule has 0 spiro atoms. The molecule has 0 aliphatic carbocycles. The first-order valence-electron chi connectivity index (χ1n) is 8.79. The van der Waals surface area contributed by atoms with E-state index >= 15 is 0 Å². The normalized spacial score (nSPS) is 10.6. The lowest BCUT2D eigenvalue weighted by atomic mass is 10.1. The van der Waals surface area contributed by atoms with Crippen molar-refractivity contribution in [2.75, 3.05) is 0 Å². The molecule has 0 fully saturated rings. The molecule has 0 unspecified atom stereocenters. The molecule has 0 aliphatic rings. The molecule has 0 aromatic heterocycles. The number of carbonyl (C=O) groups excluding carboxylic acids is 1. The Morgan fingerprint density at radius 1 is 0.857 bits per heavy atom. The SMILES string of the molecule is O=C([O-])c1ccc(C[NH2+]Cc2cc(Cl)c(OCc3ccccc3)c(Cl)c2)cc1. The highest BCUT2D eigenvalue weighted by atomic mass is 35.5. The van der Waals surface area contributed by atoms with Crippen molar-refractivity contribution in [2.24, 2.45) is 0 Å². The fourth-order valence-electron chi connectivity index (χ4n) is 2.78. The van der Waals surface area contributed by atoms with Gasteiger partial charge in [-0.2, -0.15) is 0 Å². The predicted octanol–water partition coefficient (Wildman–Crippen LogP) is 3.20. The third-order valence-electron chi connectivity index (χ3n) is 4.23. The summed E-state index contributed by atoms with van der Waals surface area (Å²) in [5.74, 6) is -0.691. The topological polar surface area (TPSA) is 66.0 Å². The highest BCUT2D eigenvalue weighted by Crippen LogP contribution is 2.34. The highest BCUT2D eigenvalue weighted by molar-refractivity contribution is 6.37. The summed E-state index contributed by atoms with van der Waals surface area (Å²) in [6.45, 7) is 1.78. The Bertz CT molecular complexity index is 921. The number of rotatable bonds is 8. The second-order valence-corrected chi connectivity index (χ2v) is 7.16. The molecular weight excluding hydrogens is 397 g/mol. The number of halogens is 2. The fourth-order valence-corrected chi connectivity index (χ4v) is 3.42. The van der Waals surface area contributed by atoms with Crippen molar-refractivity contribution in [2.45, 2.75) is 19.7 Å². The number of carbonyl (C=O) groups is 1. The van der Waals surface area contributed by atoms with Crippen molar-refractivity contribution >= 4 is 29.2 Å². The van der Waals surface area contributed by atoms with Crippen molar-refractivity contribution in [1.82, 2.24) is 0 Å². The van der Waals surface area contributed by atoms with E-state index in [4.69, 9.17) is 27.9 Å². The van der Waals surface area contributed by atoms with Crippen LogP contribution in [0.15, 0.2) is 66.7 Å². The standard InChI is InChI=1S/C22H19Cl2NO3/c23-19-10-17(13-25-12-15-6-8-18(9-7-15)22(26)27)11-20(24)21(19)28-14-16-4-2-1-3-5-16/h1-11,25H,12-14H2,(H,26,27). The van der Waals surface area contributed by atoms with Gasteiger partial charge in [0.2, 0.25) is 0 Å². The van der Waals surface area contributed by atoms with E-state index in [0.717, 1.165) is 16.7 Å². The van der Waals surface area contributed by atoms with Gasteiger partial charge in [-0.25, -0.2) is 0 Å². The molecule has 0 atom stereocenters. The first-order valence-corrected chi connectivity index (χ1v) is 9.55. The van der Waals surface area contributed by atoms with Crippen LogP contribution in [0.4, 0.5) is 0 Å². The molecule has 0 saturated carbocycles. The van der Waals surface area contributed by atoms with E-state index in [1.807, 2.05) is 42.5 Å². The zero-order chi connectivity index (χ0) is 19.9. The van der Waals surface area contributed by atoms with E-state index in [9.17, 15) is 9.90 Å². The van der Waals surface area contributed by atoms with E-state index in [1.54, 1.807) is 24.3 Å². The van der Waals surface area contributed by atoms with Crippen LogP contribution >= 0.6 is 23.2 Å². The van der Waals surface area contributed by atoms with Gasteiger partial charge in [0.25, 0.3) is 0 Å². The van der Waals surface area contributed by atoms with Gasteiger partial charge in [0.15, 0.2) is 5.75 Å². The lowest BCUT2D eigenvalue weighted by Crippen LogP contribution is -2.80. The van der Waals surface area contributed by atoms with Gasteiger partial charge in [-0.15, -0.1) is 0 Å². The van der Waals surface area contributed by atoms with Crippen LogP contribution in [0.5, 0.6) is 5.75 Å². The van der Waals surface area contributed by atoms with E-state index in [0.29, 0.717) is 35.5 Å². The minimum Gasteiger partial charge on any atom is -0.545 e. The molecule has 0 aliphatic heterocycles. The summed E-state index contributed by atoms with van der Waals surface area (Å²) in [4.78, 5) is 10.8. The number of ether oxygens (including phenoxy) is 1. The molecule has 0 radical (unpaired) electrons. The second kappa shape index (κ2) is 9.60. The molecular formula is C22H19Cl2NO3. The number of hydrogen-bond donors (Lipinski definition) is 1. The molecule has 2 N–H and O–H groups in total. The molecule has 3 rings (SSSR count). The number of quaternary nitrogens is 1. The smallest absolute Gasteiger partial charge is 0.156 e. The van der Waals surface area contributed by atoms with Crippen molar-refractivity contribution in [3.8, 4) is 5.75 Å². The molecule has 3 aromatic carbocycles. The maximum Gasteiger partial charge on any atom is 0.156 e. The third kappa shape index (κ3) is 5.49. The van der Waals surface area contributed by atoms with Gasteiger partial charge < -0.3 is 20.0 Å². The van der Waals surface area contributed by atoms with Gasteiger partial charge in [-0.05, 0) is 23.3 Å². The van der Waals surface area contributed by atoms with E-state index < -0.39 is 5.97 Å². The van der Waals surface area contributed by atoms with E-state index in [-0.39, 0.29) is 5.56 Å². The average Bonchev–Trinajstić information content (AvgIpc) is 2.68. The molecule has 6 heteroatoms. The summed E-state index contributed by atoms with van der Waals surface area (Å²) in [5, 5.41) is 13.8. The zero-order valence-corrected chi connectivity index (χ0v) is 16.5. The Balaban J connectivity index is 1.57. The molecule has 0 heterocycles. The molecule has 3 aromatic rings. The maximum atomic E-state index is 10.8. The highest BCUT2D eigenvalue weighted by Gasteiger charge is 2.11. The van der Waals surface area contributed by atoms with Crippen LogP contribution in [0.25, 0.3) is 0 Å². The van der Waals surface area contributed by atoms with Crippen molar-refractivity contribution in [3.63, 3.8) is 0 Å². The largest absolute Gasteiger partial charge is 0.545 e. The van der Waals surface area contributed by atoms with Gasteiger partial charge in [0, 0.05) is 11.1 Å². The molecule has 4 nitrogen and oxygen atoms in total. The number of hydrogen-bond acceptors (Lipinski definition) is 3. The predicted molar refractivity (Wildman–Crippen MR) is 107 cm³/mol. The van der Waals surface area contributed by atoms with Gasteiger partial charge in [0.1, 0.15) is 19.7 Å². The van der Waals surface area contributed by atoms with Crippen LogP contribution in [0, 0.1) is 0 Å². The summed E-state index contributed by atoms with van der Waals surface area (Å²) in [5.41, 5.74) is 3.21. The number of carboxylic acids is 1. The van der Waals surface area contributed by atoms with Crippen molar-refractivity contribution < 1.29 is 20.0 Å². The molecule has 28 heavy (non-hydrogen) atoms. The summed E-state index contributed by atoms with van der Waals surface area (Å²) >= 11 is 12.7. The number of nitrogens with two attached hydrogens (primary N) is 1. The van der Waals surface area contributed by atoms with Gasteiger partial charge in [-0.3, -0.25) is 0 Å². The van der Waals surface area contributed by atoms with Crippen LogP contribution in [-0.2, 0) is 19.7 Å². The van der Waals surface area contributed by atoms with Crippen LogP contribution < -0.4 is 15.2 Å². The molecule has 144 valence electrons. The lowest BCUT2D eigenvalue weighted by molar-refractivity contribution is -0.686. The van der Waals surface area contributed by atoms with Gasteiger partial charge >= 0.3 is 0 Å². The number of benzene rings is 3. The quantitative estimate of drug-likeness (QED) is 0.614. The first kappa shape index (κ1) is 20.2. The fraction of sp³-hybridized carbons (Fsp3) is 0.136. The van der Waals surface area contributed by atoms with Crippen LogP contribution in [0.1, 0.15) is 27.0 Å². The number of carboxylic acid groups (broad SMARTS) is 1. The minimum atomic E-state index is -1.17. The zero-order valence-electron chi connectivity index (χ0n) is 15.0. The Kier molecular flexibility index (Phi) is 6.93. The lowest BCUT2D eigenvalue weighted by Gasteiger charge is -2.12. The second-order valence-electron chi connectivity index (χ2n) is 6.34. The summed E-state index contributed by atoms with van der Waals surface area (Å²) in [6.07, 6.45) is 0. The Labute approximate surface area is 173 Å². The van der Waals surface area contributed by atoms with Crippen LogP contribution in [0.2, 0.25) is 10.0 Å². The Morgan fingerprint density at radius 3 is 2.07 bits per heavy atom. The summed E-state index contributed by atoms with van der Waals surface area (Å²) < 4.78 is 5.79. The number of aromatic carboxylic acids is 1. The van der Waals surface area contributed by atoms with Crippen LogP contribution in [0.3, 0.4) is 0 Å². The van der Waals surface area contributed by atoms with E-state index in [2.05, 4.69) is 5.32 Å². The monoisotopic (exact) mass is 415 g/mol. The summed E-state index contributed by atoms with van der Waals surface area (Å²) in [7, 11) is 0. The minimum absolute atomic E-state index is 0.174. The molecule has 0 bridgehead atoms. The first-order chi connectivity index (χ1) is 13.5. The van der Waals surface area contributed by atoms with Gasteiger partial charge in [0.05, 0.1) is 16.0 Å². The Morgan fingerprint density at radius 2 is 1.46 bits per heavy atom. The van der Waals surface area contributed by atoms with Gasteiger partial charge in [-0.1, -0.05) is 77.8 Å². The molecule has 0 saturated heterocycles. The van der Waals surface area contributed by atoms with Crippen molar-refractivity contribution in [1.29, 1.82) is 0 Å².